The number of nitrogens with one attached hydrogen (secondary N) is 1. The lowest BCUT2D eigenvalue weighted by atomic mass is 10.2. The summed E-state index contributed by atoms with van der Waals surface area (Å²) in [7, 11) is 0. The van der Waals surface area contributed by atoms with Gasteiger partial charge in [-0.15, -0.1) is 22.7 Å². The Bertz CT molecular complexity index is 1090. The highest BCUT2D eigenvalue weighted by Gasteiger charge is 2.19. The Kier molecular flexibility index (Phi) is 6.36. The van der Waals surface area contributed by atoms with Crippen LogP contribution in [0.2, 0.25) is 0 Å². The first-order valence-electron chi connectivity index (χ1n) is 9.32. The van der Waals surface area contributed by atoms with Crippen LogP contribution in [-0.2, 0) is 29.0 Å². The molecule has 3 aromatic heterocycles. The molecule has 6 nitrogen and oxygen atoms in total. The van der Waals surface area contributed by atoms with E-state index in [0.29, 0.717) is 29.6 Å². The Balaban J connectivity index is 1.42. The molecule has 2 amide bonds. The van der Waals surface area contributed by atoms with Crippen molar-refractivity contribution >= 4 is 45.3 Å². The predicted octanol–water partition coefficient (Wildman–Crippen LogP) is 4.75. The van der Waals surface area contributed by atoms with Gasteiger partial charge in [0, 0.05) is 15.9 Å². The summed E-state index contributed by atoms with van der Waals surface area (Å²) >= 11 is 2.86. The van der Waals surface area contributed by atoms with Gasteiger partial charge in [0.25, 0.3) is 0 Å². The number of amides is 2. The summed E-state index contributed by atoms with van der Waals surface area (Å²) in [6.45, 7) is 0.338. The summed E-state index contributed by atoms with van der Waals surface area (Å²) in [6, 6.07) is 16.9. The number of para-hydroxylation sites is 1. The molecule has 0 fully saturated rings. The molecule has 4 rings (SSSR count). The van der Waals surface area contributed by atoms with Gasteiger partial charge in [-0.1, -0.05) is 24.3 Å². The number of hydrogen-bond donors (Lipinski definition) is 1. The van der Waals surface area contributed by atoms with Gasteiger partial charge in [0.1, 0.15) is 5.76 Å². The van der Waals surface area contributed by atoms with Crippen LogP contribution >= 0.6 is 22.7 Å². The quantitative estimate of drug-likeness (QED) is 0.431. The van der Waals surface area contributed by atoms with E-state index < -0.39 is 0 Å². The molecule has 1 N–H and O–H groups in total. The standard InChI is InChI=1S/C22H19N3O3S2/c26-20(13-19-9-5-11-29-19)24-22-23-16(15-30-22)12-21(27)25(14-18-8-4-10-28-18)17-6-2-1-3-7-17/h1-11,15H,12-14H2,(H,23,24,26). The Labute approximate surface area is 181 Å². The second kappa shape index (κ2) is 9.51. The molecule has 152 valence electrons. The summed E-state index contributed by atoms with van der Waals surface area (Å²) in [5, 5.41) is 7.04. The second-order valence-corrected chi connectivity index (χ2v) is 8.41. The zero-order valence-electron chi connectivity index (χ0n) is 16.0. The van der Waals surface area contributed by atoms with Gasteiger partial charge in [-0.2, -0.15) is 0 Å². The van der Waals surface area contributed by atoms with Crippen molar-refractivity contribution in [3.8, 4) is 0 Å². The minimum atomic E-state index is -0.117. The average Bonchev–Trinajstić information content (AvgIpc) is 3.51. The third-order valence-corrected chi connectivity index (χ3v) is 5.99. The lowest BCUT2D eigenvalue weighted by Crippen LogP contribution is -2.31. The smallest absolute Gasteiger partial charge is 0.233 e. The van der Waals surface area contributed by atoms with Gasteiger partial charge in [-0.25, -0.2) is 4.98 Å². The van der Waals surface area contributed by atoms with Gasteiger partial charge in [0.05, 0.1) is 31.3 Å². The monoisotopic (exact) mass is 437 g/mol. The molecule has 8 heteroatoms. The fraction of sp³-hybridized carbons (Fsp3) is 0.136. The number of benzene rings is 1. The van der Waals surface area contributed by atoms with E-state index in [9.17, 15) is 9.59 Å². The number of carbonyl (C=O) groups excluding carboxylic acids is 2. The highest BCUT2D eigenvalue weighted by Crippen LogP contribution is 2.21. The van der Waals surface area contributed by atoms with Crippen LogP contribution in [-0.4, -0.2) is 16.8 Å². The molecule has 0 spiro atoms. The second-order valence-electron chi connectivity index (χ2n) is 6.52. The molecule has 0 atom stereocenters. The van der Waals surface area contributed by atoms with Crippen molar-refractivity contribution < 1.29 is 14.0 Å². The van der Waals surface area contributed by atoms with Crippen LogP contribution < -0.4 is 10.2 Å². The van der Waals surface area contributed by atoms with Gasteiger partial charge in [-0.3, -0.25) is 9.59 Å². The molecule has 0 aliphatic heterocycles. The predicted molar refractivity (Wildman–Crippen MR) is 119 cm³/mol. The van der Waals surface area contributed by atoms with Crippen molar-refractivity contribution in [2.75, 3.05) is 10.2 Å². The number of anilines is 2. The summed E-state index contributed by atoms with van der Waals surface area (Å²) in [5.74, 6) is 0.486. The summed E-state index contributed by atoms with van der Waals surface area (Å²) in [4.78, 5) is 32.3. The maximum atomic E-state index is 13.0. The number of thiazole rings is 1. The SMILES string of the molecule is O=C(Cc1cccs1)Nc1nc(CC(=O)N(Cc2ccco2)c2ccccc2)cs1. The van der Waals surface area contributed by atoms with Crippen molar-refractivity contribution in [3.63, 3.8) is 0 Å². The molecule has 0 aliphatic carbocycles. The fourth-order valence-electron chi connectivity index (χ4n) is 2.92. The summed E-state index contributed by atoms with van der Waals surface area (Å²) in [5.41, 5.74) is 1.41. The maximum absolute atomic E-state index is 13.0. The number of hydrogen-bond acceptors (Lipinski definition) is 6. The van der Waals surface area contributed by atoms with Crippen LogP contribution in [0.1, 0.15) is 16.3 Å². The molecule has 30 heavy (non-hydrogen) atoms. The van der Waals surface area contributed by atoms with Crippen molar-refractivity contribution in [2.45, 2.75) is 19.4 Å². The molecule has 0 aliphatic rings. The number of thiophene rings is 1. The first kappa shape index (κ1) is 20.1. The molecular weight excluding hydrogens is 418 g/mol. The van der Waals surface area contributed by atoms with Crippen LogP contribution in [0.3, 0.4) is 0 Å². The van der Waals surface area contributed by atoms with Crippen LogP contribution in [0.15, 0.2) is 76.0 Å². The van der Waals surface area contributed by atoms with Gasteiger partial charge >= 0.3 is 0 Å². The minimum Gasteiger partial charge on any atom is -0.467 e. The van der Waals surface area contributed by atoms with E-state index in [1.807, 2.05) is 53.9 Å². The molecule has 1 aromatic carbocycles. The zero-order chi connectivity index (χ0) is 20.8. The maximum Gasteiger partial charge on any atom is 0.233 e. The van der Waals surface area contributed by atoms with Crippen LogP contribution in [0, 0.1) is 0 Å². The highest BCUT2D eigenvalue weighted by molar-refractivity contribution is 7.14. The van der Waals surface area contributed by atoms with E-state index in [1.165, 1.54) is 11.3 Å². The van der Waals surface area contributed by atoms with Crippen molar-refractivity contribution in [3.05, 3.63) is 88.0 Å². The van der Waals surface area contributed by atoms with E-state index in [4.69, 9.17) is 4.42 Å². The topological polar surface area (TPSA) is 75.4 Å². The Morgan fingerprint density at radius 2 is 1.87 bits per heavy atom. The summed E-state index contributed by atoms with van der Waals surface area (Å²) in [6.07, 6.45) is 2.04. The van der Waals surface area contributed by atoms with Gasteiger partial charge in [0.15, 0.2) is 5.13 Å². The summed E-state index contributed by atoms with van der Waals surface area (Å²) < 4.78 is 5.42. The van der Waals surface area contributed by atoms with Crippen LogP contribution in [0.4, 0.5) is 10.8 Å². The van der Waals surface area contributed by atoms with Gasteiger partial charge < -0.3 is 14.6 Å². The molecule has 0 unspecified atom stereocenters. The van der Waals surface area contributed by atoms with E-state index in [1.54, 1.807) is 33.9 Å². The van der Waals surface area contributed by atoms with E-state index in [-0.39, 0.29) is 18.2 Å². The number of aromatic nitrogens is 1. The first-order chi connectivity index (χ1) is 14.7. The number of rotatable bonds is 8. The van der Waals surface area contributed by atoms with Crippen LogP contribution in [0.5, 0.6) is 0 Å². The first-order valence-corrected chi connectivity index (χ1v) is 11.1. The molecule has 0 radical (unpaired) electrons. The molecule has 0 bridgehead atoms. The van der Waals surface area contributed by atoms with Crippen molar-refractivity contribution in [2.24, 2.45) is 0 Å². The Hall–Kier alpha value is -3.23. The largest absolute Gasteiger partial charge is 0.467 e. The molecule has 0 saturated carbocycles. The number of carbonyl (C=O) groups is 2. The number of furan rings is 1. The normalized spacial score (nSPS) is 10.7. The molecular formula is C22H19N3O3S2. The molecule has 0 saturated heterocycles. The van der Waals surface area contributed by atoms with Crippen LogP contribution in [0.25, 0.3) is 0 Å². The van der Waals surface area contributed by atoms with Crippen molar-refractivity contribution in [1.82, 2.24) is 4.98 Å². The van der Waals surface area contributed by atoms with E-state index in [2.05, 4.69) is 10.3 Å². The fourth-order valence-corrected chi connectivity index (χ4v) is 4.35. The highest BCUT2D eigenvalue weighted by atomic mass is 32.1. The van der Waals surface area contributed by atoms with E-state index in [0.717, 1.165) is 10.6 Å². The number of nitrogens with zero attached hydrogens (tertiary/aromatic N) is 2. The van der Waals surface area contributed by atoms with Gasteiger partial charge in [-0.05, 0) is 35.7 Å². The van der Waals surface area contributed by atoms with Gasteiger partial charge in [0.2, 0.25) is 11.8 Å². The molecule has 4 aromatic rings. The van der Waals surface area contributed by atoms with E-state index >= 15 is 0 Å². The lowest BCUT2D eigenvalue weighted by Gasteiger charge is -2.21. The molecule has 3 heterocycles. The third kappa shape index (κ3) is 5.22. The zero-order valence-corrected chi connectivity index (χ0v) is 17.6. The van der Waals surface area contributed by atoms with Crippen molar-refractivity contribution in [1.29, 1.82) is 0 Å². The minimum absolute atomic E-state index is 0.0978. The Morgan fingerprint density at radius 1 is 1.00 bits per heavy atom. The average molecular weight is 438 g/mol. The Morgan fingerprint density at radius 3 is 2.60 bits per heavy atom. The lowest BCUT2D eigenvalue weighted by molar-refractivity contribution is -0.118. The third-order valence-electron chi connectivity index (χ3n) is 4.31.